The van der Waals surface area contributed by atoms with Crippen molar-refractivity contribution in [3.05, 3.63) is 47.5 Å². The lowest BCUT2D eigenvalue weighted by molar-refractivity contribution is -0.120. The Morgan fingerprint density at radius 3 is 2.96 bits per heavy atom. The van der Waals surface area contributed by atoms with Gasteiger partial charge in [-0.25, -0.2) is 4.39 Å². The number of Topliss-reactive ketones (excluding diaryl/α,β-unsaturated/α-hetero) is 1. The van der Waals surface area contributed by atoms with Crippen molar-refractivity contribution in [2.75, 3.05) is 0 Å². The van der Waals surface area contributed by atoms with Gasteiger partial charge in [-0.1, -0.05) is 23.7 Å². The summed E-state index contributed by atoms with van der Waals surface area (Å²) in [6, 6.07) is 6.65. The van der Waals surface area contributed by atoms with E-state index in [1.807, 2.05) is 0 Å². The topological polar surface area (TPSA) is 47.8 Å². The van der Waals surface area contributed by atoms with Crippen LogP contribution in [0.5, 0.6) is 0 Å². The number of pyridine rings is 1. The number of benzene rings is 1. The van der Waals surface area contributed by atoms with E-state index in [2.05, 4.69) is 10.1 Å². The van der Waals surface area contributed by atoms with E-state index in [9.17, 15) is 9.18 Å². The van der Waals surface area contributed by atoms with Gasteiger partial charge in [-0.3, -0.25) is 14.5 Å². The molecule has 0 atom stereocenters. The molecule has 1 aliphatic rings. The predicted molar refractivity (Wildman–Crippen MR) is 85.7 cm³/mol. The van der Waals surface area contributed by atoms with Gasteiger partial charge in [0.15, 0.2) is 5.78 Å². The monoisotopic (exact) mass is 329 g/mol. The lowest BCUT2D eigenvalue weighted by Gasteiger charge is -2.06. The first-order valence-corrected chi connectivity index (χ1v) is 7.80. The van der Waals surface area contributed by atoms with Crippen LogP contribution in [0, 0.1) is 11.7 Å². The molecule has 116 valence electrons. The Balaban J connectivity index is 1.77. The smallest absolute Gasteiger partial charge is 0.157 e. The fourth-order valence-electron chi connectivity index (χ4n) is 2.64. The SMILES string of the molecule is O=C(Cn1ncc2ncc(-c3cccc(Cl)c3F)cc21)C1CC1. The summed E-state index contributed by atoms with van der Waals surface area (Å²) in [7, 11) is 0. The van der Waals surface area contributed by atoms with Crippen LogP contribution in [0.3, 0.4) is 0 Å². The first-order chi connectivity index (χ1) is 11.1. The number of aromatic nitrogens is 3. The van der Waals surface area contributed by atoms with Gasteiger partial charge in [-0.2, -0.15) is 5.10 Å². The first kappa shape index (κ1) is 14.3. The maximum atomic E-state index is 14.2. The second kappa shape index (κ2) is 5.42. The largest absolute Gasteiger partial charge is 0.297 e. The number of carbonyl (C=O) groups excluding carboxylic acids is 1. The van der Waals surface area contributed by atoms with Crippen LogP contribution in [0.4, 0.5) is 4.39 Å². The summed E-state index contributed by atoms with van der Waals surface area (Å²) >= 11 is 5.85. The second-order valence-corrected chi connectivity index (χ2v) is 6.18. The molecule has 0 unspecified atom stereocenters. The van der Waals surface area contributed by atoms with Gasteiger partial charge in [0.1, 0.15) is 17.9 Å². The molecule has 4 nitrogen and oxygen atoms in total. The molecule has 0 spiro atoms. The Morgan fingerprint density at radius 1 is 1.35 bits per heavy atom. The van der Waals surface area contributed by atoms with Crippen LogP contribution in [0.1, 0.15) is 12.8 Å². The van der Waals surface area contributed by atoms with Gasteiger partial charge in [0, 0.05) is 23.2 Å². The highest BCUT2D eigenvalue weighted by Crippen LogP contribution is 2.31. The van der Waals surface area contributed by atoms with E-state index in [0.717, 1.165) is 18.4 Å². The summed E-state index contributed by atoms with van der Waals surface area (Å²) in [6.07, 6.45) is 5.14. The minimum Gasteiger partial charge on any atom is -0.297 e. The molecule has 2 aromatic heterocycles. The third-order valence-corrected chi connectivity index (χ3v) is 4.39. The molecule has 2 heterocycles. The number of halogens is 2. The van der Waals surface area contributed by atoms with Crippen LogP contribution in [-0.4, -0.2) is 20.5 Å². The van der Waals surface area contributed by atoms with Gasteiger partial charge >= 0.3 is 0 Å². The lowest BCUT2D eigenvalue weighted by atomic mass is 10.1. The minimum atomic E-state index is -0.476. The van der Waals surface area contributed by atoms with Gasteiger partial charge in [0.2, 0.25) is 0 Å². The zero-order valence-corrected chi connectivity index (χ0v) is 12.9. The molecule has 0 bridgehead atoms. The maximum absolute atomic E-state index is 14.2. The molecular weight excluding hydrogens is 317 g/mol. The van der Waals surface area contributed by atoms with Crippen LogP contribution in [0.15, 0.2) is 36.7 Å². The molecule has 0 radical (unpaired) electrons. The van der Waals surface area contributed by atoms with Crippen LogP contribution < -0.4 is 0 Å². The molecule has 0 N–H and O–H groups in total. The first-order valence-electron chi connectivity index (χ1n) is 7.42. The Kier molecular flexibility index (Phi) is 3.38. The minimum absolute atomic E-state index is 0.0695. The van der Waals surface area contributed by atoms with Gasteiger partial charge in [-0.05, 0) is 25.0 Å². The van der Waals surface area contributed by atoms with E-state index < -0.39 is 5.82 Å². The molecule has 6 heteroatoms. The summed E-state index contributed by atoms with van der Waals surface area (Å²) in [4.78, 5) is 16.3. The Labute approximate surface area is 136 Å². The molecule has 0 saturated heterocycles. The standard InChI is InChI=1S/C17H13ClFN3O/c18-13-3-1-2-12(17(13)19)11-6-15-14(20-7-11)8-21-22(15)9-16(23)10-4-5-10/h1-3,6-8,10H,4-5,9H2. The average molecular weight is 330 g/mol. The molecule has 23 heavy (non-hydrogen) atoms. The quantitative estimate of drug-likeness (QED) is 0.730. The van der Waals surface area contributed by atoms with Gasteiger partial charge in [0.25, 0.3) is 0 Å². The van der Waals surface area contributed by atoms with Crippen LogP contribution in [0.25, 0.3) is 22.2 Å². The predicted octanol–water partition coefficient (Wildman–Crippen LogP) is 3.87. The fourth-order valence-corrected chi connectivity index (χ4v) is 2.81. The Morgan fingerprint density at radius 2 is 2.17 bits per heavy atom. The van der Waals surface area contributed by atoms with E-state index in [-0.39, 0.29) is 23.3 Å². The summed E-state index contributed by atoms with van der Waals surface area (Å²) in [5.41, 5.74) is 2.39. The van der Waals surface area contributed by atoms with Gasteiger partial charge in [-0.15, -0.1) is 0 Å². The van der Waals surface area contributed by atoms with Crippen molar-refractivity contribution in [1.29, 1.82) is 0 Å². The maximum Gasteiger partial charge on any atom is 0.157 e. The summed E-state index contributed by atoms with van der Waals surface area (Å²) in [5, 5.41) is 4.30. The van der Waals surface area contributed by atoms with Crippen molar-refractivity contribution in [1.82, 2.24) is 14.8 Å². The van der Waals surface area contributed by atoms with Crippen molar-refractivity contribution in [3.8, 4) is 11.1 Å². The lowest BCUT2D eigenvalue weighted by Crippen LogP contribution is -2.12. The van der Waals surface area contributed by atoms with Crippen molar-refractivity contribution < 1.29 is 9.18 Å². The van der Waals surface area contributed by atoms with Gasteiger partial charge in [0.05, 0.1) is 16.7 Å². The van der Waals surface area contributed by atoms with Crippen molar-refractivity contribution in [2.45, 2.75) is 19.4 Å². The molecule has 1 saturated carbocycles. The van der Waals surface area contributed by atoms with E-state index in [1.165, 1.54) is 6.07 Å². The highest BCUT2D eigenvalue weighted by atomic mass is 35.5. The highest BCUT2D eigenvalue weighted by molar-refractivity contribution is 6.31. The number of hydrogen-bond donors (Lipinski definition) is 0. The van der Waals surface area contributed by atoms with Crippen LogP contribution in [0.2, 0.25) is 5.02 Å². The third kappa shape index (κ3) is 2.61. The number of carbonyl (C=O) groups is 1. The van der Waals surface area contributed by atoms with Crippen molar-refractivity contribution in [3.63, 3.8) is 0 Å². The summed E-state index contributed by atoms with van der Waals surface area (Å²) < 4.78 is 15.8. The molecule has 1 aliphatic carbocycles. The van der Waals surface area contributed by atoms with E-state index >= 15 is 0 Å². The highest BCUT2D eigenvalue weighted by Gasteiger charge is 2.29. The molecule has 0 amide bonds. The molecule has 1 fully saturated rings. The van der Waals surface area contributed by atoms with E-state index in [4.69, 9.17) is 11.6 Å². The normalized spacial score (nSPS) is 14.3. The number of rotatable bonds is 4. The second-order valence-electron chi connectivity index (χ2n) is 5.77. The molecule has 4 rings (SSSR count). The zero-order valence-electron chi connectivity index (χ0n) is 12.2. The summed E-state index contributed by atoms with van der Waals surface area (Å²) in [5.74, 6) is -0.111. The zero-order chi connectivity index (χ0) is 16.0. The summed E-state index contributed by atoms with van der Waals surface area (Å²) in [6.45, 7) is 0.233. The fraction of sp³-hybridized carbons (Fsp3) is 0.235. The van der Waals surface area contributed by atoms with Gasteiger partial charge < -0.3 is 0 Å². The van der Waals surface area contributed by atoms with Crippen molar-refractivity contribution >= 4 is 28.4 Å². The molecule has 3 aromatic rings. The molecule has 1 aromatic carbocycles. The van der Waals surface area contributed by atoms with E-state index in [0.29, 0.717) is 16.6 Å². The Hall–Kier alpha value is -2.27. The Bertz CT molecular complexity index is 917. The number of nitrogens with zero attached hydrogens (tertiary/aromatic N) is 3. The third-order valence-electron chi connectivity index (χ3n) is 4.10. The number of hydrogen-bond acceptors (Lipinski definition) is 3. The average Bonchev–Trinajstić information content (AvgIpc) is 3.33. The number of fused-ring (bicyclic) bond motifs is 1. The van der Waals surface area contributed by atoms with Crippen LogP contribution >= 0.6 is 11.6 Å². The van der Waals surface area contributed by atoms with Crippen molar-refractivity contribution in [2.24, 2.45) is 5.92 Å². The van der Waals surface area contributed by atoms with E-state index in [1.54, 1.807) is 35.3 Å². The number of ketones is 1. The van der Waals surface area contributed by atoms with Crippen LogP contribution in [-0.2, 0) is 11.3 Å². The molecule has 0 aliphatic heterocycles. The molecular formula is C17H13ClFN3O.